The second-order valence-electron chi connectivity index (χ2n) is 5.24. The number of benzene rings is 1. The average Bonchev–Trinajstić information content (AvgIpc) is 3.30. The van der Waals surface area contributed by atoms with Crippen LogP contribution >= 0.6 is 11.3 Å². The Morgan fingerprint density at radius 3 is 2.50 bits per heavy atom. The monoisotopic (exact) mass is 320 g/mol. The molecular formula is C16H20N2O3S. The van der Waals surface area contributed by atoms with E-state index in [1.165, 1.54) is 12.8 Å². The van der Waals surface area contributed by atoms with Gasteiger partial charge in [0.25, 0.3) is 0 Å². The molecule has 0 aliphatic heterocycles. The van der Waals surface area contributed by atoms with Gasteiger partial charge in [-0.05, 0) is 25.0 Å². The van der Waals surface area contributed by atoms with Gasteiger partial charge < -0.3 is 19.1 Å². The molecule has 0 N–H and O–H groups in total. The van der Waals surface area contributed by atoms with Gasteiger partial charge in [0.2, 0.25) is 5.75 Å². The van der Waals surface area contributed by atoms with Crippen molar-refractivity contribution in [2.45, 2.75) is 25.5 Å². The molecule has 0 amide bonds. The highest BCUT2D eigenvalue weighted by Crippen LogP contribution is 2.37. The molecule has 118 valence electrons. The van der Waals surface area contributed by atoms with Crippen LogP contribution in [0.1, 0.15) is 18.5 Å². The van der Waals surface area contributed by atoms with Gasteiger partial charge in [0.15, 0.2) is 16.6 Å². The van der Waals surface area contributed by atoms with Crippen molar-refractivity contribution in [2.24, 2.45) is 0 Å². The zero-order chi connectivity index (χ0) is 15.5. The maximum atomic E-state index is 5.88. The van der Waals surface area contributed by atoms with Gasteiger partial charge in [-0.1, -0.05) is 6.07 Å². The highest BCUT2D eigenvalue weighted by molar-refractivity contribution is 7.13. The number of hydrogen-bond acceptors (Lipinski definition) is 6. The molecule has 2 aromatic rings. The number of nitrogens with zero attached hydrogens (tertiary/aromatic N) is 2. The van der Waals surface area contributed by atoms with Crippen LogP contribution in [0.15, 0.2) is 23.6 Å². The molecule has 1 aromatic carbocycles. The third-order valence-corrected chi connectivity index (χ3v) is 4.66. The fourth-order valence-electron chi connectivity index (χ4n) is 2.25. The van der Waals surface area contributed by atoms with Crippen LogP contribution in [0.4, 0.5) is 5.13 Å². The van der Waals surface area contributed by atoms with Gasteiger partial charge in [-0.2, -0.15) is 0 Å². The van der Waals surface area contributed by atoms with Crippen molar-refractivity contribution in [3.63, 3.8) is 0 Å². The Balaban J connectivity index is 1.70. The molecule has 6 heteroatoms. The number of hydrogen-bond donors (Lipinski definition) is 0. The molecule has 0 spiro atoms. The molecule has 0 atom stereocenters. The second kappa shape index (κ2) is 6.44. The van der Waals surface area contributed by atoms with Crippen molar-refractivity contribution in [1.29, 1.82) is 0 Å². The van der Waals surface area contributed by atoms with E-state index in [-0.39, 0.29) is 0 Å². The Hall–Kier alpha value is -1.95. The Labute approximate surface area is 134 Å². The third-order valence-electron chi connectivity index (χ3n) is 3.68. The number of aromatic nitrogens is 1. The predicted molar refractivity (Wildman–Crippen MR) is 87.4 cm³/mol. The Bertz CT molecular complexity index is 618. The normalized spacial score (nSPS) is 13.8. The van der Waals surface area contributed by atoms with Crippen molar-refractivity contribution in [3.8, 4) is 17.2 Å². The van der Waals surface area contributed by atoms with Gasteiger partial charge >= 0.3 is 0 Å². The first-order valence-corrected chi connectivity index (χ1v) is 8.12. The summed E-state index contributed by atoms with van der Waals surface area (Å²) < 4.78 is 16.5. The third kappa shape index (κ3) is 3.11. The van der Waals surface area contributed by atoms with Crippen LogP contribution in [0.25, 0.3) is 0 Å². The lowest BCUT2D eigenvalue weighted by Crippen LogP contribution is -2.19. The smallest absolute Gasteiger partial charge is 0.203 e. The van der Waals surface area contributed by atoms with Crippen LogP contribution < -0.4 is 19.1 Å². The summed E-state index contributed by atoms with van der Waals surface area (Å²) in [7, 11) is 5.34. The van der Waals surface area contributed by atoms with Crippen molar-refractivity contribution >= 4 is 16.5 Å². The predicted octanol–water partition coefficient (Wildman–Crippen LogP) is 3.34. The first kappa shape index (κ1) is 15.0. The van der Waals surface area contributed by atoms with Gasteiger partial charge in [0.1, 0.15) is 6.61 Å². The molecule has 3 rings (SSSR count). The SMILES string of the molecule is COc1cccc(OC)c1OCc1csc(N(C)C2CC2)n1. The van der Waals surface area contributed by atoms with E-state index < -0.39 is 0 Å². The lowest BCUT2D eigenvalue weighted by molar-refractivity contribution is 0.263. The Morgan fingerprint density at radius 2 is 1.91 bits per heavy atom. The minimum atomic E-state index is 0.395. The van der Waals surface area contributed by atoms with Gasteiger partial charge in [0.05, 0.1) is 19.9 Å². The highest BCUT2D eigenvalue weighted by Gasteiger charge is 2.28. The topological polar surface area (TPSA) is 43.8 Å². The number of para-hydroxylation sites is 1. The molecular weight excluding hydrogens is 300 g/mol. The first-order valence-electron chi connectivity index (χ1n) is 7.24. The number of methoxy groups -OCH3 is 2. The first-order chi connectivity index (χ1) is 10.7. The maximum Gasteiger partial charge on any atom is 0.203 e. The maximum absolute atomic E-state index is 5.88. The number of thiazole rings is 1. The van der Waals surface area contributed by atoms with E-state index in [0.717, 1.165) is 10.8 Å². The van der Waals surface area contributed by atoms with Crippen LogP contribution in [0, 0.1) is 0 Å². The molecule has 1 saturated carbocycles. The van der Waals surface area contributed by atoms with E-state index in [1.807, 2.05) is 23.6 Å². The zero-order valence-electron chi connectivity index (χ0n) is 13.0. The van der Waals surface area contributed by atoms with E-state index in [4.69, 9.17) is 14.2 Å². The lowest BCUT2D eigenvalue weighted by Gasteiger charge is -2.14. The number of ether oxygens (including phenoxy) is 3. The van der Waals surface area contributed by atoms with Crippen LogP contribution in [-0.2, 0) is 6.61 Å². The highest BCUT2D eigenvalue weighted by atomic mass is 32.1. The standard InChI is InChI=1S/C16H20N2O3S/c1-18(12-7-8-12)16-17-11(10-22-16)9-21-15-13(19-2)5-4-6-14(15)20-3/h4-6,10,12H,7-9H2,1-3H3. The number of rotatable bonds is 7. The van der Waals surface area contributed by atoms with Crippen LogP contribution in [0.3, 0.4) is 0 Å². The molecule has 1 aromatic heterocycles. The molecule has 0 bridgehead atoms. The van der Waals surface area contributed by atoms with Gasteiger partial charge in [-0.25, -0.2) is 4.98 Å². The average molecular weight is 320 g/mol. The van der Waals surface area contributed by atoms with E-state index in [0.29, 0.717) is 29.9 Å². The summed E-state index contributed by atoms with van der Waals surface area (Å²) in [5.74, 6) is 1.92. The molecule has 0 saturated heterocycles. The molecule has 0 unspecified atom stereocenters. The van der Waals surface area contributed by atoms with Crippen LogP contribution in [0.5, 0.6) is 17.2 Å². The summed E-state index contributed by atoms with van der Waals surface area (Å²) in [6, 6.07) is 6.24. The molecule has 0 radical (unpaired) electrons. The molecule has 5 nitrogen and oxygen atoms in total. The zero-order valence-corrected chi connectivity index (χ0v) is 13.9. The van der Waals surface area contributed by atoms with Crippen LogP contribution in [0.2, 0.25) is 0 Å². The van der Waals surface area contributed by atoms with Crippen molar-refractivity contribution < 1.29 is 14.2 Å². The van der Waals surface area contributed by atoms with Gasteiger partial charge in [-0.3, -0.25) is 0 Å². The van der Waals surface area contributed by atoms with Gasteiger partial charge in [-0.15, -0.1) is 11.3 Å². The van der Waals surface area contributed by atoms with E-state index in [9.17, 15) is 0 Å². The summed E-state index contributed by atoms with van der Waals surface area (Å²) in [5.41, 5.74) is 0.917. The summed E-state index contributed by atoms with van der Waals surface area (Å²) in [5, 5.41) is 3.09. The lowest BCUT2D eigenvalue weighted by atomic mass is 10.3. The summed E-state index contributed by atoms with van der Waals surface area (Å²) in [6.07, 6.45) is 2.53. The fourth-order valence-corrected chi connectivity index (χ4v) is 3.10. The fraction of sp³-hybridized carbons (Fsp3) is 0.438. The summed E-state index contributed by atoms with van der Waals surface area (Å²) in [6.45, 7) is 0.395. The van der Waals surface area contributed by atoms with Crippen molar-refractivity contribution in [1.82, 2.24) is 4.98 Å². The van der Waals surface area contributed by atoms with Crippen LogP contribution in [-0.4, -0.2) is 32.3 Å². The number of anilines is 1. The molecule has 22 heavy (non-hydrogen) atoms. The Kier molecular flexibility index (Phi) is 4.38. The summed E-state index contributed by atoms with van der Waals surface area (Å²) >= 11 is 1.65. The molecule has 1 aliphatic rings. The molecule has 1 fully saturated rings. The molecule has 1 aliphatic carbocycles. The van der Waals surface area contributed by atoms with E-state index in [1.54, 1.807) is 25.6 Å². The second-order valence-corrected chi connectivity index (χ2v) is 6.08. The Morgan fingerprint density at radius 1 is 1.23 bits per heavy atom. The minimum absolute atomic E-state index is 0.395. The van der Waals surface area contributed by atoms with Gasteiger partial charge in [0, 0.05) is 18.5 Å². The quantitative estimate of drug-likeness (QED) is 0.783. The van der Waals surface area contributed by atoms with E-state index in [2.05, 4.69) is 16.9 Å². The van der Waals surface area contributed by atoms with E-state index >= 15 is 0 Å². The minimum Gasteiger partial charge on any atom is -0.493 e. The van der Waals surface area contributed by atoms with Crippen molar-refractivity contribution in [3.05, 3.63) is 29.3 Å². The van der Waals surface area contributed by atoms with Crippen molar-refractivity contribution in [2.75, 3.05) is 26.2 Å². The summed E-state index contributed by atoms with van der Waals surface area (Å²) in [4.78, 5) is 6.88. The largest absolute Gasteiger partial charge is 0.493 e. The molecule has 1 heterocycles.